The first-order chi connectivity index (χ1) is 9.11. The zero-order valence-electron chi connectivity index (χ0n) is 10.3. The van der Waals surface area contributed by atoms with E-state index in [9.17, 15) is 4.79 Å². The lowest BCUT2D eigenvalue weighted by Gasteiger charge is -2.04. The third-order valence-electron chi connectivity index (χ3n) is 2.96. The minimum Gasteiger partial charge on any atom is -0.370 e. The van der Waals surface area contributed by atoms with Crippen LogP contribution in [0.5, 0.6) is 0 Å². The van der Waals surface area contributed by atoms with Crippen molar-refractivity contribution in [3.8, 4) is 6.07 Å². The second-order valence-corrected chi connectivity index (χ2v) is 4.74. The molecule has 0 saturated heterocycles. The van der Waals surface area contributed by atoms with E-state index in [1.807, 2.05) is 16.7 Å². The van der Waals surface area contributed by atoms with Gasteiger partial charge in [0.2, 0.25) is 5.91 Å². The van der Waals surface area contributed by atoms with E-state index in [0.29, 0.717) is 23.3 Å². The molecular weight excluding hydrogens is 260 g/mol. The van der Waals surface area contributed by atoms with Gasteiger partial charge in [0.15, 0.2) is 4.77 Å². The summed E-state index contributed by atoms with van der Waals surface area (Å²) >= 11 is 5.27. The van der Waals surface area contributed by atoms with Crippen molar-refractivity contribution in [1.29, 1.82) is 5.26 Å². The minimum absolute atomic E-state index is 0.283. The predicted octanol–water partition coefficient (Wildman–Crippen LogP) is 2.23. The van der Waals surface area contributed by atoms with Crippen LogP contribution in [0.15, 0.2) is 18.2 Å². The van der Waals surface area contributed by atoms with Gasteiger partial charge < -0.3 is 15.3 Å². The maximum absolute atomic E-state index is 10.7. The molecule has 1 amide bonds. The summed E-state index contributed by atoms with van der Waals surface area (Å²) in [5.41, 5.74) is 7.54. The number of carbonyl (C=O) groups excluding carboxylic acids is 1. The predicted molar refractivity (Wildman–Crippen MR) is 74.9 cm³/mol. The van der Waals surface area contributed by atoms with Crippen LogP contribution in [0, 0.1) is 16.1 Å². The zero-order valence-corrected chi connectivity index (χ0v) is 11.2. The van der Waals surface area contributed by atoms with E-state index in [1.165, 1.54) is 0 Å². The number of carbonyl (C=O) groups is 1. The molecule has 0 aliphatic heterocycles. The molecular formula is C13H14N4OS. The maximum Gasteiger partial charge on any atom is 0.217 e. The Morgan fingerprint density at radius 3 is 2.95 bits per heavy atom. The number of aromatic nitrogens is 2. The van der Waals surface area contributed by atoms with E-state index >= 15 is 0 Å². The number of nitrogens with two attached hydrogens (primary N) is 1. The SMILES string of the molecule is N#Cc1ccc2[nH]c(=S)n(CCCCC(N)=O)c2c1. The normalized spacial score (nSPS) is 10.5. The summed E-state index contributed by atoms with van der Waals surface area (Å²) in [4.78, 5) is 13.8. The number of aromatic amines is 1. The fourth-order valence-electron chi connectivity index (χ4n) is 2.01. The van der Waals surface area contributed by atoms with Gasteiger partial charge in [-0.3, -0.25) is 4.79 Å². The highest BCUT2D eigenvalue weighted by molar-refractivity contribution is 7.71. The van der Waals surface area contributed by atoms with Crippen molar-refractivity contribution in [3.63, 3.8) is 0 Å². The van der Waals surface area contributed by atoms with Gasteiger partial charge in [0.05, 0.1) is 22.7 Å². The molecule has 0 aliphatic carbocycles. The number of hydrogen-bond donors (Lipinski definition) is 2. The van der Waals surface area contributed by atoms with E-state index in [1.54, 1.807) is 6.07 Å². The van der Waals surface area contributed by atoms with E-state index in [-0.39, 0.29) is 5.91 Å². The van der Waals surface area contributed by atoms with Crippen molar-refractivity contribution in [1.82, 2.24) is 9.55 Å². The van der Waals surface area contributed by atoms with Crippen LogP contribution in [-0.4, -0.2) is 15.5 Å². The number of hydrogen-bond acceptors (Lipinski definition) is 3. The summed E-state index contributed by atoms with van der Waals surface area (Å²) in [5, 5.41) is 8.92. The molecule has 5 nitrogen and oxygen atoms in total. The first-order valence-corrected chi connectivity index (χ1v) is 6.43. The summed E-state index contributed by atoms with van der Waals surface area (Å²) in [7, 11) is 0. The number of nitriles is 1. The lowest BCUT2D eigenvalue weighted by Crippen LogP contribution is -2.10. The highest BCUT2D eigenvalue weighted by atomic mass is 32.1. The Hall–Kier alpha value is -2.13. The number of fused-ring (bicyclic) bond motifs is 1. The van der Waals surface area contributed by atoms with Crippen LogP contribution < -0.4 is 5.73 Å². The molecule has 2 rings (SSSR count). The highest BCUT2D eigenvalue weighted by Crippen LogP contribution is 2.17. The largest absolute Gasteiger partial charge is 0.370 e. The molecule has 0 bridgehead atoms. The summed E-state index contributed by atoms with van der Waals surface area (Å²) in [6.45, 7) is 0.709. The van der Waals surface area contributed by atoms with Crippen LogP contribution in [0.1, 0.15) is 24.8 Å². The standard InChI is InChI=1S/C13H14N4OS/c14-8-9-4-5-10-11(7-9)17(13(19)16-10)6-2-1-3-12(15)18/h4-5,7H,1-3,6H2,(H2,15,18)(H,16,19). The van der Waals surface area contributed by atoms with Gasteiger partial charge in [0, 0.05) is 13.0 Å². The quantitative estimate of drug-likeness (QED) is 0.647. The number of rotatable bonds is 5. The summed E-state index contributed by atoms with van der Waals surface area (Å²) < 4.78 is 2.58. The van der Waals surface area contributed by atoms with Gasteiger partial charge in [-0.1, -0.05) is 0 Å². The topological polar surface area (TPSA) is 87.6 Å². The van der Waals surface area contributed by atoms with Crippen molar-refractivity contribution in [2.75, 3.05) is 0 Å². The summed E-state index contributed by atoms with van der Waals surface area (Å²) in [6.07, 6.45) is 1.95. The van der Waals surface area contributed by atoms with E-state index in [4.69, 9.17) is 23.2 Å². The molecule has 0 aliphatic rings. The molecule has 3 N–H and O–H groups in total. The second-order valence-electron chi connectivity index (χ2n) is 4.35. The summed E-state index contributed by atoms with van der Waals surface area (Å²) in [5.74, 6) is -0.283. The Morgan fingerprint density at radius 2 is 2.26 bits per heavy atom. The molecule has 2 aromatic rings. The second kappa shape index (κ2) is 5.67. The van der Waals surface area contributed by atoms with Gasteiger partial charge in [-0.25, -0.2) is 0 Å². The van der Waals surface area contributed by atoms with Gasteiger partial charge in [-0.05, 0) is 43.3 Å². The molecule has 0 fully saturated rings. The van der Waals surface area contributed by atoms with Crippen LogP contribution in [0.2, 0.25) is 0 Å². The molecule has 6 heteroatoms. The number of benzene rings is 1. The Morgan fingerprint density at radius 1 is 1.47 bits per heavy atom. The Labute approximate surface area is 115 Å². The van der Waals surface area contributed by atoms with Crippen LogP contribution in [0.4, 0.5) is 0 Å². The van der Waals surface area contributed by atoms with Gasteiger partial charge in [0.25, 0.3) is 0 Å². The van der Waals surface area contributed by atoms with Crippen LogP contribution in [-0.2, 0) is 11.3 Å². The van der Waals surface area contributed by atoms with Gasteiger partial charge in [-0.2, -0.15) is 5.26 Å². The van der Waals surface area contributed by atoms with Gasteiger partial charge >= 0.3 is 0 Å². The molecule has 19 heavy (non-hydrogen) atoms. The number of nitrogens with one attached hydrogen (secondary N) is 1. The molecule has 0 unspecified atom stereocenters. The monoisotopic (exact) mass is 274 g/mol. The van der Waals surface area contributed by atoms with Gasteiger partial charge in [0.1, 0.15) is 0 Å². The third kappa shape index (κ3) is 3.01. The number of amides is 1. The maximum atomic E-state index is 10.7. The molecule has 98 valence electrons. The minimum atomic E-state index is -0.283. The molecule has 1 aromatic heterocycles. The van der Waals surface area contributed by atoms with Crippen LogP contribution in [0.25, 0.3) is 11.0 Å². The smallest absolute Gasteiger partial charge is 0.217 e. The lowest BCUT2D eigenvalue weighted by atomic mass is 10.2. The number of nitrogens with zero attached hydrogens (tertiary/aromatic N) is 2. The molecule has 1 aromatic carbocycles. The molecule has 0 spiro atoms. The van der Waals surface area contributed by atoms with Crippen LogP contribution >= 0.6 is 12.2 Å². The van der Waals surface area contributed by atoms with Crippen molar-refractivity contribution < 1.29 is 4.79 Å². The summed E-state index contributed by atoms with van der Waals surface area (Å²) in [6, 6.07) is 7.54. The number of H-pyrrole nitrogens is 1. The van der Waals surface area contributed by atoms with Crippen molar-refractivity contribution >= 4 is 29.2 Å². The molecule has 0 radical (unpaired) electrons. The Balaban J connectivity index is 2.22. The first-order valence-electron chi connectivity index (χ1n) is 6.03. The van der Waals surface area contributed by atoms with Crippen molar-refractivity contribution in [2.24, 2.45) is 5.73 Å². The average Bonchev–Trinajstić information content (AvgIpc) is 2.69. The van der Waals surface area contributed by atoms with Gasteiger partial charge in [-0.15, -0.1) is 0 Å². The number of unbranched alkanes of at least 4 members (excludes halogenated alkanes) is 1. The Kier molecular flexibility index (Phi) is 3.97. The third-order valence-corrected chi connectivity index (χ3v) is 3.28. The molecule has 0 saturated carbocycles. The number of imidazole rings is 1. The van der Waals surface area contributed by atoms with Crippen LogP contribution in [0.3, 0.4) is 0 Å². The van der Waals surface area contributed by atoms with E-state index < -0.39 is 0 Å². The zero-order chi connectivity index (χ0) is 13.8. The molecule has 0 atom stereocenters. The Bertz CT molecular complexity index is 707. The molecule has 1 heterocycles. The van der Waals surface area contributed by atoms with E-state index in [0.717, 1.165) is 23.9 Å². The first kappa shape index (κ1) is 13.3. The van der Waals surface area contributed by atoms with Crippen molar-refractivity contribution in [3.05, 3.63) is 28.5 Å². The number of primary amides is 1. The van der Waals surface area contributed by atoms with E-state index in [2.05, 4.69) is 11.1 Å². The fourth-order valence-corrected chi connectivity index (χ4v) is 2.31. The van der Waals surface area contributed by atoms with Crippen molar-refractivity contribution in [2.45, 2.75) is 25.8 Å². The fraction of sp³-hybridized carbons (Fsp3) is 0.308. The lowest BCUT2D eigenvalue weighted by molar-refractivity contribution is -0.118. The average molecular weight is 274 g/mol. The highest BCUT2D eigenvalue weighted by Gasteiger charge is 2.05. The number of aryl methyl sites for hydroxylation is 1.